The minimum Gasteiger partial charge on any atom is -0.497 e. The molecular weight excluding hydrogens is 308 g/mol. The SMILES string of the molecule is CCOC(=O)CCN(CCN(C)C)C(=O)Cc1ccc(OC)cc1. The number of hydrogen-bond donors (Lipinski definition) is 0. The van der Waals surface area contributed by atoms with Crippen molar-refractivity contribution in [2.24, 2.45) is 0 Å². The van der Waals surface area contributed by atoms with E-state index in [1.54, 1.807) is 18.9 Å². The van der Waals surface area contributed by atoms with Crippen LogP contribution in [0.4, 0.5) is 0 Å². The van der Waals surface area contributed by atoms with E-state index in [0.717, 1.165) is 17.9 Å². The maximum Gasteiger partial charge on any atom is 0.307 e. The summed E-state index contributed by atoms with van der Waals surface area (Å²) < 4.78 is 10.1. The van der Waals surface area contributed by atoms with Gasteiger partial charge in [-0.25, -0.2) is 0 Å². The number of ether oxygens (including phenoxy) is 2. The Balaban J connectivity index is 2.64. The van der Waals surface area contributed by atoms with Crippen molar-refractivity contribution in [3.05, 3.63) is 29.8 Å². The summed E-state index contributed by atoms with van der Waals surface area (Å²) >= 11 is 0. The number of hydrogen-bond acceptors (Lipinski definition) is 5. The van der Waals surface area contributed by atoms with Crippen molar-refractivity contribution in [3.63, 3.8) is 0 Å². The fourth-order valence-corrected chi connectivity index (χ4v) is 2.17. The van der Waals surface area contributed by atoms with Gasteiger partial charge in [0, 0.05) is 19.6 Å². The Morgan fingerprint density at radius 3 is 2.25 bits per heavy atom. The van der Waals surface area contributed by atoms with Gasteiger partial charge < -0.3 is 19.3 Å². The smallest absolute Gasteiger partial charge is 0.307 e. The second-order valence-electron chi connectivity index (χ2n) is 5.76. The van der Waals surface area contributed by atoms with Crippen LogP contribution in [-0.4, -0.2) is 69.1 Å². The van der Waals surface area contributed by atoms with Gasteiger partial charge in [0.25, 0.3) is 0 Å². The number of nitrogens with zero attached hydrogens (tertiary/aromatic N) is 2. The van der Waals surface area contributed by atoms with Crippen molar-refractivity contribution >= 4 is 11.9 Å². The molecule has 0 N–H and O–H groups in total. The van der Waals surface area contributed by atoms with Gasteiger partial charge in [-0.3, -0.25) is 9.59 Å². The van der Waals surface area contributed by atoms with Crippen LogP contribution in [0.3, 0.4) is 0 Å². The number of carbonyl (C=O) groups excluding carboxylic acids is 2. The third-order valence-electron chi connectivity index (χ3n) is 3.58. The molecule has 1 rings (SSSR count). The highest BCUT2D eigenvalue weighted by atomic mass is 16.5. The molecule has 0 saturated carbocycles. The largest absolute Gasteiger partial charge is 0.497 e. The van der Waals surface area contributed by atoms with Crippen LogP contribution >= 0.6 is 0 Å². The molecule has 0 heterocycles. The van der Waals surface area contributed by atoms with Gasteiger partial charge in [-0.2, -0.15) is 0 Å². The topological polar surface area (TPSA) is 59.1 Å². The Morgan fingerprint density at radius 2 is 1.71 bits per heavy atom. The first kappa shape index (κ1) is 20.0. The fourth-order valence-electron chi connectivity index (χ4n) is 2.17. The molecule has 0 aliphatic rings. The highest BCUT2D eigenvalue weighted by Gasteiger charge is 2.16. The van der Waals surface area contributed by atoms with E-state index in [9.17, 15) is 9.59 Å². The molecule has 134 valence electrons. The van der Waals surface area contributed by atoms with Gasteiger partial charge >= 0.3 is 5.97 Å². The van der Waals surface area contributed by atoms with E-state index in [1.165, 1.54) is 0 Å². The molecule has 1 aromatic carbocycles. The number of esters is 1. The van der Waals surface area contributed by atoms with Crippen molar-refractivity contribution in [1.29, 1.82) is 0 Å². The average Bonchev–Trinajstić information content (AvgIpc) is 2.55. The van der Waals surface area contributed by atoms with Crippen LogP contribution < -0.4 is 4.74 Å². The van der Waals surface area contributed by atoms with Crippen molar-refractivity contribution in [2.45, 2.75) is 19.8 Å². The number of methoxy groups -OCH3 is 1. The van der Waals surface area contributed by atoms with E-state index >= 15 is 0 Å². The molecule has 0 aromatic heterocycles. The Morgan fingerprint density at radius 1 is 1.04 bits per heavy atom. The number of benzene rings is 1. The minimum atomic E-state index is -0.274. The summed E-state index contributed by atoms with van der Waals surface area (Å²) in [6.07, 6.45) is 0.524. The van der Waals surface area contributed by atoms with E-state index < -0.39 is 0 Å². The quantitative estimate of drug-likeness (QED) is 0.607. The molecule has 0 aliphatic carbocycles. The van der Waals surface area contributed by atoms with E-state index in [4.69, 9.17) is 9.47 Å². The number of amides is 1. The molecule has 24 heavy (non-hydrogen) atoms. The molecule has 0 saturated heterocycles. The molecule has 0 bridgehead atoms. The molecule has 0 unspecified atom stereocenters. The predicted octanol–water partition coefficient (Wildman–Crippen LogP) is 1.58. The highest BCUT2D eigenvalue weighted by molar-refractivity contribution is 5.79. The summed E-state index contributed by atoms with van der Waals surface area (Å²) in [5.74, 6) is 0.494. The van der Waals surface area contributed by atoms with Crippen LogP contribution in [0.2, 0.25) is 0 Å². The molecule has 0 spiro atoms. The van der Waals surface area contributed by atoms with Crippen LogP contribution in [0.25, 0.3) is 0 Å². The van der Waals surface area contributed by atoms with Gasteiger partial charge in [0.1, 0.15) is 5.75 Å². The Bertz CT molecular complexity index is 514. The first-order chi connectivity index (χ1) is 11.5. The second-order valence-corrected chi connectivity index (χ2v) is 5.76. The molecule has 0 fully saturated rings. The Kier molecular flexibility index (Phi) is 8.86. The van der Waals surface area contributed by atoms with E-state index in [2.05, 4.69) is 0 Å². The van der Waals surface area contributed by atoms with Crippen LogP contribution in [0, 0.1) is 0 Å². The van der Waals surface area contributed by atoms with Crippen molar-refractivity contribution < 1.29 is 19.1 Å². The lowest BCUT2D eigenvalue weighted by Gasteiger charge is -2.24. The lowest BCUT2D eigenvalue weighted by atomic mass is 10.1. The summed E-state index contributed by atoms with van der Waals surface area (Å²) in [5.41, 5.74) is 0.923. The number of rotatable bonds is 10. The molecule has 1 amide bonds. The molecule has 6 nitrogen and oxygen atoms in total. The molecule has 0 atom stereocenters. The highest BCUT2D eigenvalue weighted by Crippen LogP contribution is 2.12. The van der Waals surface area contributed by atoms with Gasteiger partial charge in [-0.15, -0.1) is 0 Å². The first-order valence-electron chi connectivity index (χ1n) is 8.17. The van der Waals surface area contributed by atoms with Gasteiger partial charge in [0.15, 0.2) is 0 Å². The molecular formula is C18H28N2O4. The number of carbonyl (C=O) groups is 2. The zero-order chi connectivity index (χ0) is 17.9. The third-order valence-corrected chi connectivity index (χ3v) is 3.58. The maximum absolute atomic E-state index is 12.6. The lowest BCUT2D eigenvalue weighted by molar-refractivity contribution is -0.144. The van der Waals surface area contributed by atoms with Gasteiger partial charge in [0.05, 0.1) is 26.6 Å². The normalized spacial score (nSPS) is 10.5. The Hall–Kier alpha value is -2.08. The zero-order valence-electron chi connectivity index (χ0n) is 15.1. The second kappa shape index (κ2) is 10.6. The van der Waals surface area contributed by atoms with E-state index in [0.29, 0.717) is 26.1 Å². The molecule has 1 aromatic rings. The summed E-state index contributed by atoms with van der Waals surface area (Å²) in [7, 11) is 5.52. The first-order valence-corrected chi connectivity index (χ1v) is 8.17. The standard InChI is InChI=1S/C18H28N2O4/c1-5-24-18(22)10-11-20(13-12-19(2)3)17(21)14-15-6-8-16(23-4)9-7-15/h6-9H,5,10-14H2,1-4H3. The lowest BCUT2D eigenvalue weighted by Crippen LogP contribution is -2.39. The minimum absolute atomic E-state index is 0.00585. The van der Waals surface area contributed by atoms with Crippen molar-refractivity contribution in [3.8, 4) is 5.75 Å². The summed E-state index contributed by atoms with van der Waals surface area (Å²) in [6, 6.07) is 7.44. The van der Waals surface area contributed by atoms with E-state index in [-0.39, 0.29) is 18.3 Å². The van der Waals surface area contributed by atoms with Crippen molar-refractivity contribution in [1.82, 2.24) is 9.80 Å². The zero-order valence-corrected chi connectivity index (χ0v) is 15.1. The molecule has 0 aliphatic heterocycles. The van der Waals surface area contributed by atoms with E-state index in [1.807, 2.05) is 43.3 Å². The van der Waals surface area contributed by atoms with Gasteiger partial charge in [-0.1, -0.05) is 12.1 Å². The van der Waals surface area contributed by atoms with Crippen molar-refractivity contribution in [2.75, 3.05) is 47.4 Å². The van der Waals surface area contributed by atoms with Gasteiger partial charge in [-0.05, 0) is 38.7 Å². The van der Waals surface area contributed by atoms with Crippen LogP contribution in [0.1, 0.15) is 18.9 Å². The number of likely N-dealkylation sites (N-methyl/N-ethyl adjacent to an activating group) is 1. The predicted molar refractivity (Wildman–Crippen MR) is 93.1 cm³/mol. The Labute approximate surface area is 144 Å². The monoisotopic (exact) mass is 336 g/mol. The molecule has 0 radical (unpaired) electrons. The average molecular weight is 336 g/mol. The third kappa shape index (κ3) is 7.46. The van der Waals surface area contributed by atoms with Crippen LogP contribution in [-0.2, 0) is 20.7 Å². The fraction of sp³-hybridized carbons (Fsp3) is 0.556. The maximum atomic E-state index is 12.6. The van der Waals surface area contributed by atoms with Gasteiger partial charge in [0.2, 0.25) is 5.91 Å². The van der Waals surface area contributed by atoms with Crippen LogP contribution in [0.15, 0.2) is 24.3 Å². The molecule has 6 heteroatoms. The van der Waals surface area contributed by atoms with Crippen LogP contribution in [0.5, 0.6) is 5.75 Å². The summed E-state index contributed by atoms with van der Waals surface area (Å²) in [6.45, 7) is 3.84. The summed E-state index contributed by atoms with van der Waals surface area (Å²) in [4.78, 5) is 27.9. The summed E-state index contributed by atoms with van der Waals surface area (Å²) in [5, 5.41) is 0.